The van der Waals surface area contributed by atoms with Gasteiger partial charge in [-0.3, -0.25) is 9.97 Å². The number of hydrogen-bond acceptors (Lipinski definition) is 3. The van der Waals surface area contributed by atoms with E-state index in [4.69, 9.17) is 0 Å². The van der Waals surface area contributed by atoms with Crippen molar-refractivity contribution in [1.29, 1.82) is 0 Å². The third-order valence-corrected chi connectivity index (χ3v) is 2.42. The highest BCUT2D eigenvalue weighted by Gasteiger charge is 2.26. The molecule has 3 nitrogen and oxygen atoms in total. The fourth-order valence-corrected chi connectivity index (χ4v) is 1.55. The zero-order valence-electron chi connectivity index (χ0n) is 9.88. The second kappa shape index (κ2) is 5.95. The molecule has 0 saturated carbocycles. The Labute approximate surface area is 98.5 Å². The Hall–Kier alpha value is -1.17. The summed E-state index contributed by atoms with van der Waals surface area (Å²) in [6.45, 7) is 4.01. The standard InChI is InChI=1S/C11H16F3N3/c1-8(10-9(2)16-6-7-17-10)15-5-3-4-11(12,13)14/h6-8,15H,3-5H2,1-2H3. The van der Waals surface area contributed by atoms with Gasteiger partial charge in [-0.1, -0.05) is 0 Å². The molecule has 1 atom stereocenters. The number of nitrogens with one attached hydrogen (secondary N) is 1. The second-order valence-electron chi connectivity index (χ2n) is 3.92. The van der Waals surface area contributed by atoms with Crippen LogP contribution in [-0.4, -0.2) is 22.7 Å². The number of halogens is 3. The summed E-state index contributed by atoms with van der Waals surface area (Å²) in [5, 5.41) is 3.01. The molecule has 0 bridgehead atoms. The van der Waals surface area contributed by atoms with Crippen molar-refractivity contribution in [2.75, 3.05) is 6.54 Å². The molecule has 0 saturated heterocycles. The Kier molecular flexibility index (Phi) is 4.86. The third-order valence-electron chi connectivity index (χ3n) is 2.42. The molecule has 1 rings (SSSR count). The maximum absolute atomic E-state index is 11.9. The molecule has 0 amide bonds. The summed E-state index contributed by atoms with van der Waals surface area (Å²) in [5.74, 6) is 0. The number of alkyl halides is 3. The number of nitrogens with zero attached hydrogens (tertiary/aromatic N) is 2. The Morgan fingerprint density at radius 3 is 2.53 bits per heavy atom. The quantitative estimate of drug-likeness (QED) is 0.813. The van der Waals surface area contributed by atoms with Gasteiger partial charge in [0.1, 0.15) is 0 Å². The summed E-state index contributed by atoms with van der Waals surface area (Å²) < 4.78 is 35.8. The molecule has 17 heavy (non-hydrogen) atoms. The minimum atomic E-state index is -4.08. The summed E-state index contributed by atoms with van der Waals surface area (Å²) in [6, 6.07) is -0.0862. The van der Waals surface area contributed by atoms with Crippen LogP contribution in [0.5, 0.6) is 0 Å². The molecule has 1 N–H and O–H groups in total. The van der Waals surface area contributed by atoms with Gasteiger partial charge in [0.25, 0.3) is 0 Å². The van der Waals surface area contributed by atoms with Crippen LogP contribution in [0, 0.1) is 6.92 Å². The normalized spacial score (nSPS) is 13.7. The van der Waals surface area contributed by atoms with E-state index in [1.165, 1.54) is 0 Å². The van der Waals surface area contributed by atoms with Crippen LogP contribution in [0.3, 0.4) is 0 Å². The van der Waals surface area contributed by atoms with Gasteiger partial charge in [-0.15, -0.1) is 0 Å². The van der Waals surface area contributed by atoms with Crippen molar-refractivity contribution in [2.45, 2.75) is 38.9 Å². The molecule has 96 valence electrons. The van der Waals surface area contributed by atoms with E-state index in [2.05, 4.69) is 15.3 Å². The van der Waals surface area contributed by atoms with Gasteiger partial charge in [0.2, 0.25) is 0 Å². The summed E-state index contributed by atoms with van der Waals surface area (Å²) >= 11 is 0. The monoisotopic (exact) mass is 247 g/mol. The van der Waals surface area contributed by atoms with Crippen LogP contribution in [0.15, 0.2) is 12.4 Å². The molecule has 0 radical (unpaired) electrons. The summed E-state index contributed by atoms with van der Waals surface area (Å²) in [6.07, 6.45) is -1.59. The van der Waals surface area contributed by atoms with Crippen molar-refractivity contribution in [3.8, 4) is 0 Å². The maximum atomic E-state index is 11.9. The Bertz CT molecular complexity index is 352. The Balaban J connectivity index is 2.36. The number of hydrogen-bond donors (Lipinski definition) is 1. The lowest BCUT2D eigenvalue weighted by Gasteiger charge is -2.15. The van der Waals surface area contributed by atoms with Gasteiger partial charge in [0.15, 0.2) is 0 Å². The molecule has 0 spiro atoms. The first kappa shape index (κ1) is 13.9. The van der Waals surface area contributed by atoms with E-state index in [0.29, 0.717) is 6.54 Å². The van der Waals surface area contributed by atoms with Gasteiger partial charge in [-0.2, -0.15) is 13.2 Å². The predicted octanol–water partition coefficient (Wildman–Crippen LogP) is 2.78. The number of aryl methyl sites for hydroxylation is 1. The molecule has 1 unspecified atom stereocenters. The molecular formula is C11H16F3N3. The van der Waals surface area contributed by atoms with Crippen LogP contribution in [0.4, 0.5) is 13.2 Å². The third kappa shape index (κ3) is 5.12. The highest BCUT2D eigenvalue weighted by atomic mass is 19.4. The molecule has 0 aromatic carbocycles. The van der Waals surface area contributed by atoms with Crippen molar-refractivity contribution < 1.29 is 13.2 Å². The highest BCUT2D eigenvalue weighted by Crippen LogP contribution is 2.21. The van der Waals surface area contributed by atoms with E-state index in [9.17, 15) is 13.2 Å². The van der Waals surface area contributed by atoms with Gasteiger partial charge in [0.05, 0.1) is 11.4 Å². The lowest BCUT2D eigenvalue weighted by molar-refractivity contribution is -0.135. The van der Waals surface area contributed by atoms with E-state index >= 15 is 0 Å². The summed E-state index contributed by atoms with van der Waals surface area (Å²) in [4.78, 5) is 8.24. The molecule has 6 heteroatoms. The van der Waals surface area contributed by atoms with E-state index in [1.54, 1.807) is 12.4 Å². The molecule has 1 heterocycles. The van der Waals surface area contributed by atoms with Crippen LogP contribution in [0.25, 0.3) is 0 Å². The lowest BCUT2D eigenvalue weighted by Crippen LogP contribution is -2.23. The van der Waals surface area contributed by atoms with E-state index in [1.807, 2.05) is 13.8 Å². The molecule has 1 aromatic rings. The molecule has 1 aromatic heterocycles. The van der Waals surface area contributed by atoms with Crippen LogP contribution in [0.1, 0.15) is 37.2 Å². The van der Waals surface area contributed by atoms with Crippen LogP contribution >= 0.6 is 0 Å². The van der Waals surface area contributed by atoms with Crippen LogP contribution in [-0.2, 0) is 0 Å². The Morgan fingerprint density at radius 1 is 1.29 bits per heavy atom. The zero-order valence-corrected chi connectivity index (χ0v) is 9.88. The fourth-order valence-electron chi connectivity index (χ4n) is 1.55. The Morgan fingerprint density at radius 2 is 1.94 bits per heavy atom. The first-order chi connectivity index (χ1) is 7.90. The second-order valence-corrected chi connectivity index (χ2v) is 3.92. The molecule has 0 aliphatic rings. The average molecular weight is 247 g/mol. The van der Waals surface area contributed by atoms with Crippen molar-refractivity contribution >= 4 is 0 Å². The highest BCUT2D eigenvalue weighted by molar-refractivity contribution is 5.12. The number of rotatable bonds is 5. The molecule has 0 fully saturated rings. The van der Waals surface area contributed by atoms with Crippen molar-refractivity contribution in [2.24, 2.45) is 0 Å². The predicted molar refractivity (Wildman–Crippen MR) is 58.5 cm³/mol. The van der Waals surface area contributed by atoms with E-state index < -0.39 is 12.6 Å². The van der Waals surface area contributed by atoms with Crippen LogP contribution in [0.2, 0.25) is 0 Å². The molecule has 0 aliphatic carbocycles. The SMILES string of the molecule is Cc1nccnc1C(C)NCCCC(F)(F)F. The maximum Gasteiger partial charge on any atom is 0.389 e. The minimum Gasteiger partial charge on any atom is -0.309 e. The summed E-state index contributed by atoms with van der Waals surface area (Å²) in [7, 11) is 0. The van der Waals surface area contributed by atoms with Crippen molar-refractivity contribution in [1.82, 2.24) is 15.3 Å². The first-order valence-electron chi connectivity index (χ1n) is 5.48. The lowest BCUT2D eigenvalue weighted by atomic mass is 10.2. The topological polar surface area (TPSA) is 37.8 Å². The largest absolute Gasteiger partial charge is 0.389 e. The average Bonchev–Trinajstić information content (AvgIpc) is 2.23. The smallest absolute Gasteiger partial charge is 0.309 e. The van der Waals surface area contributed by atoms with Gasteiger partial charge in [-0.05, 0) is 26.8 Å². The van der Waals surface area contributed by atoms with Gasteiger partial charge >= 0.3 is 6.18 Å². The van der Waals surface area contributed by atoms with Crippen molar-refractivity contribution in [3.05, 3.63) is 23.8 Å². The summed E-state index contributed by atoms with van der Waals surface area (Å²) in [5.41, 5.74) is 1.57. The van der Waals surface area contributed by atoms with E-state index in [0.717, 1.165) is 11.4 Å². The van der Waals surface area contributed by atoms with Crippen LogP contribution < -0.4 is 5.32 Å². The fraction of sp³-hybridized carbons (Fsp3) is 0.636. The van der Waals surface area contributed by atoms with Gasteiger partial charge in [-0.25, -0.2) is 0 Å². The molecular weight excluding hydrogens is 231 g/mol. The van der Waals surface area contributed by atoms with Gasteiger partial charge in [0, 0.05) is 24.9 Å². The minimum absolute atomic E-state index is 0.0765. The van der Waals surface area contributed by atoms with E-state index in [-0.39, 0.29) is 12.5 Å². The zero-order chi connectivity index (χ0) is 12.9. The number of aromatic nitrogens is 2. The molecule has 0 aliphatic heterocycles. The van der Waals surface area contributed by atoms with Gasteiger partial charge < -0.3 is 5.32 Å². The first-order valence-corrected chi connectivity index (χ1v) is 5.48. The van der Waals surface area contributed by atoms with Crippen molar-refractivity contribution in [3.63, 3.8) is 0 Å².